The van der Waals surface area contributed by atoms with Crippen molar-refractivity contribution in [1.82, 2.24) is 14.3 Å². The molecule has 1 aromatic carbocycles. The molecule has 1 fully saturated rings. The molecule has 4 rings (SSSR count). The van der Waals surface area contributed by atoms with Crippen LogP contribution in [0.25, 0.3) is 0 Å². The molecule has 1 saturated heterocycles. The molecule has 2 aliphatic heterocycles. The van der Waals surface area contributed by atoms with Gasteiger partial charge in [-0.25, -0.2) is 22.7 Å². The summed E-state index contributed by atoms with van der Waals surface area (Å²) in [4.78, 5) is 12.2. The SMILES string of the molecule is CCS(=O)(=O)N1CCC[C@H](c2nc(C)c3c(n2)N(Cc2cccc(OC)c2)CCC3)C1. The highest BCUT2D eigenvalue weighted by Gasteiger charge is 2.31. The molecule has 1 aromatic heterocycles. The lowest BCUT2D eigenvalue weighted by molar-refractivity contribution is 0.309. The molecular formula is C23H32N4O3S. The first-order chi connectivity index (χ1) is 14.9. The van der Waals surface area contributed by atoms with E-state index in [1.165, 1.54) is 11.1 Å². The van der Waals surface area contributed by atoms with E-state index in [1.54, 1.807) is 18.3 Å². The number of methoxy groups -OCH3 is 1. The number of piperidine rings is 1. The van der Waals surface area contributed by atoms with Gasteiger partial charge in [0.25, 0.3) is 0 Å². The van der Waals surface area contributed by atoms with E-state index in [9.17, 15) is 8.42 Å². The molecule has 2 aromatic rings. The number of hydrogen-bond donors (Lipinski definition) is 0. The summed E-state index contributed by atoms with van der Waals surface area (Å²) in [6.45, 7) is 6.54. The molecular weight excluding hydrogens is 412 g/mol. The molecule has 0 amide bonds. The van der Waals surface area contributed by atoms with Crippen LogP contribution in [0.15, 0.2) is 24.3 Å². The Bertz CT molecular complexity index is 1040. The summed E-state index contributed by atoms with van der Waals surface area (Å²) < 4.78 is 31.8. The van der Waals surface area contributed by atoms with Crippen molar-refractivity contribution in [2.24, 2.45) is 0 Å². The van der Waals surface area contributed by atoms with E-state index < -0.39 is 10.0 Å². The average molecular weight is 445 g/mol. The lowest BCUT2D eigenvalue weighted by Crippen LogP contribution is -2.40. The van der Waals surface area contributed by atoms with Gasteiger partial charge in [0.05, 0.1) is 12.9 Å². The number of aromatic nitrogens is 2. The summed E-state index contributed by atoms with van der Waals surface area (Å²) in [6.07, 6.45) is 3.82. The largest absolute Gasteiger partial charge is 0.497 e. The molecule has 0 bridgehead atoms. The van der Waals surface area contributed by atoms with E-state index in [2.05, 4.69) is 24.0 Å². The highest BCUT2D eigenvalue weighted by atomic mass is 32.2. The van der Waals surface area contributed by atoms with Crippen LogP contribution >= 0.6 is 0 Å². The van der Waals surface area contributed by atoms with Gasteiger partial charge in [-0.15, -0.1) is 0 Å². The number of anilines is 1. The van der Waals surface area contributed by atoms with Gasteiger partial charge >= 0.3 is 0 Å². The van der Waals surface area contributed by atoms with Crippen LogP contribution in [0.1, 0.15) is 54.7 Å². The Morgan fingerprint density at radius 2 is 2.03 bits per heavy atom. The van der Waals surface area contributed by atoms with Crippen molar-refractivity contribution in [2.75, 3.05) is 37.4 Å². The summed E-state index contributed by atoms with van der Waals surface area (Å²) in [5.74, 6) is 2.82. The molecule has 1 atom stereocenters. The fourth-order valence-corrected chi connectivity index (χ4v) is 5.80. The third-order valence-corrected chi connectivity index (χ3v) is 8.23. The van der Waals surface area contributed by atoms with Gasteiger partial charge in [-0.1, -0.05) is 12.1 Å². The normalized spacial score (nSPS) is 19.8. The summed E-state index contributed by atoms with van der Waals surface area (Å²) in [7, 11) is -1.51. The van der Waals surface area contributed by atoms with E-state index in [0.717, 1.165) is 61.9 Å². The topological polar surface area (TPSA) is 75.6 Å². The summed E-state index contributed by atoms with van der Waals surface area (Å²) in [5.41, 5.74) is 3.42. The van der Waals surface area contributed by atoms with Crippen molar-refractivity contribution in [3.05, 3.63) is 46.9 Å². The van der Waals surface area contributed by atoms with Gasteiger partial charge in [0, 0.05) is 43.4 Å². The maximum absolute atomic E-state index is 12.4. The first-order valence-corrected chi connectivity index (χ1v) is 12.7. The lowest BCUT2D eigenvalue weighted by atomic mass is 9.97. The van der Waals surface area contributed by atoms with Crippen LogP contribution in [-0.4, -0.2) is 55.2 Å². The third-order valence-electron chi connectivity index (χ3n) is 6.38. The minimum Gasteiger partial charge on any atom is -0.497 e. The molecule has 0 aliphatic carbocycles. The van der Waals surface area contributed by atoms with E-state index >= 15 is 0 Å². The van der Waals surface area contributed by atoms with Crippen LogP contribution < -0.4 is 9.64 Å². The maximum atomic E-state index is 12.4. The van der Waals surface area contributed by atoms with E-state index in [4.69, 9.17) is 14.7 Å². The van der Waals surface area contributed by atoms with E-state index in [1.807, 2.05) is 12.1 Å². The Kier molecular flexibility index (Phi) is 6.48. The van der Waals surface area contributed by atoms with Crippen LogP contribution in [0.3, 0.4) is 0 Å². The van der Waals surface area contributed by atoms with E-state index in [-0.39, 0.29) is 11.7 Å². The molecule has 8 heteroatoms. The molecule has 0 unspecified atom stereocenters. The summed E-state index contributed by atoms with van der Waals surface area (Å²) in [5, 5.41) is 0. The Hall–Kier alpha value is -2.19. The molecule has 3 heterocycles. The van der Waals surface area contributed by atoms with Crippen LogP contribution in [-0.2, 0) is 23.0 Å². The molecule has 2 aliphatic rings. The number of benzene rings is 1. The number of nitrogens with zero attached hydrogens (tertiary/aromatic N) is 4. The molecule has 0 saturated carbocycles. The monoisotopic (exact) mass is 444 g/mol. The van der Waals surface area contributed by atoms with Gasteiger partial charge in [-0.2, -0.15) is 0 Å². The van der Waals surface area contributed by atoms with Crippen LogP contribution in [0.5, 0.6) is 5.75 Å². The van der Waals surface area contributed by atoms with Crippen molar-refractivity contribution in [2.45, 2.75) is 52.0 Å². The number of fused-ring (bicyclic) bond motifs is 1. The second-order valence-electron chi connectivity index (χ2n) is 8.44. The van der Waals surface area contributed by atoms with Gasteiger partial charge in [-0.05, 0) is 57.2 Å². The van der Waals surface area contributed by atoms with E-state index in [0.29, 0.717) is 13.1 Å². The number of hydrogen-bond acceptors (Lipinski definition) is 6. The zero-order chi connectivity index (χ0) is 22.0. The fraction of sp³-hybridized carbons (Fsp3) is 0.565. The van der Waals surface area contributed by atoms with Crippen molar-refractivity contribution in [3.63, 3.8) is 0 Å². The van der Waals surface area contributed by atoms with Crippen LogP contribution in [0.2, 0.25) is 0 Å². The molecule has 31 heavy (non-hydrogen) atoms. The Labute approximate surface area is 185 Å². The zero-order valence-electron chi connectivity index (χ0n) is 18.7. The van der Waals surface area contributed by atoms with Gasteiger partial charge < -0.3 is 9.64 Å². The Balaban J connectivity index is 1.62. The van der Waals surface area contributed by atoms with Gasteiger partial charge in [-0.3, -0.25) is 0 Å². The molecule has 0 spiro atoms. The summed E-state index contributed by atoms with van der Waals surface area (Å²) >= 11 is 0. The predicted octanol–water partition coefficient (Wildman–Crippen LogP) is 3.28. The fourth-order valence-electron chi connectivity index (χ4n) is 4.63. The second kappa shape index (κ2) is 9.12. The van der Waals surface area contributed by atoms with Crippen LogP contribution in [0, 0.1) is 6.92 Å². The second-order valence-corrected chi connectivity index (χ2v) is 10.7. The highest BCUT2D eigenvalue weighted by Crippen LogP contribution is 2.33. The van der Waals surface area contributed by atoms with Gasteiger partial charge in [0.15, 0.2) is 0 Å². The quantitative estimate of drug-likeness (QED) is 0.681. The molecule has 168 valence electrons. The standard InChI is InChI=1S/C23H32N4O3S/c1-4-31(28,29)27-13-6-9-19(16-27)22-24-17(2)21-11-7-12-26(23(21)25-22)15-18-8-5-10-20(14-18)30-3/h5,8,10,14,19H,4,6-7,9,11-13,15-16H2,1-3H3/t19-/m0/s1. The van der Waals surface area contributed by atoms with Crippen molar-refractivity contribution in [1.29, 1.82) is 0 Å². The minimum atomic E-state index is -3.19. The molecule has 0 N–H and O–H groups in total. The highest BCUT2D eigenvalue weighted by molar-refractivity contribution is 7.89. The first-order valence-electron chi connectivity index (χ1n) is 11.1. The number of aryl methyl sites for hydroxylation is 1. The molecule has 7 nitrogen and oxygen atoms in total. The maximum Gasteiger partial charge on any atom is 0.213 e. The van der Waals surface area contributed by atoms with Crippen molar-refractivity contribution in [3.8, 4) is 5.75 Å². The number of ether oxygens (including phenoxy) is 1. The first kappa shape index (κ1) is 22.0. The van der Waals surface area contributed by atoms with Gasteiger partial charge in [0.2, 0.25) is 10.0 Å². The summed E-state index contributed by atoms with van der Waals surface area (Å²) in [6, 6.07) is 8.15. The zero-order valence-corrected chi connectivity index (χ0v) is 19.5. The molecule has 0 radical (unpaired) electrons. The predicted molar refractivity (Wildman–Crippen MR) is 122 cm³/mol. The third kappa shape index (κ3) is 4.70. The van der Waals surface area contributed by atoms with Crippen molar-refractivity contribution >= 4 is 15.8 Å². The smallest absolute Gasteiger partial charge is 0.213 e. The average Bonchev–Trinajstić information content (AvgIpc) is 2.79. The Morgan fingerprint density at radius 3 is 2.81 bits per heavy atom. The number of rotatable bonds is 6. The number of sulfonamides is 1. The minimum absolute atomic E-state index is 0.0414. The van der Waals surface area contributed by atoms with Gasteiger partial charge in [0.1, 0.15) is 17.4 Å². The van der Waals surface area contributed by atoms with Crippen molar-refractivity contribution < 1.29 is 13.2 Å². The van der Waals surface area contributed by atoms with Crippen LogP contribution in [0.4, 0.5) is 5.82 Å². The Morgan fingerprint density at radius 1 is 1.19 bits per heavy atom. The lowest BCUT2D eigenvalue weighted by Gasteiger charge is -2.34.